The molecular weight excluding hydrogens is 398 g/mol. The van der Waals surface area contributed by atoms with Crippen molar-refractivity contribution < 1.29 is 0 Å². The molecule has 0 spiro atoms. The summed E-state index contributed by atoms with van der Waals surface area (Å²) in [6.07, 6.45) is 6.19. The second-order valence-electron chi connectivity index (χ2n) is 8.34. The predicted molar refractivity (Wildman–Crippen MR) is 127 cm³/mol. The Kier molecular flexibility index (Phi) is 4.89. The van der Waals surface area contributed by atoms with E-state index in [1.165, 1.54) is 0 Å². The highest BCUT2D eigenvalue weighted by molar-refractivity contribution is 5.87. The monoisotopic (exact) mass is 425 g/mol. The number of hydrogen-bond donors (Lipinski definition) is 0. The van der Waals surface area contributed by atoms with Crippen molar-refractivity contribution in [3.8, 4) is 0 Å². The number of aromatic nitrogens is 6. The van der Waals surface area contributed by atoms with Gasteiger partial charge in [0.15, 0.2) is 0 Å². The summed E-state index contributed by atoms with van der Waals surface area (Å²) in [6.45, 7) is 13.2. The average Bonchev–Trinajstić information content (AvgIpc) is 3.35. The molecule has 7 heteroatoms. The molecule has 0 saturated carbocycles. The van der Waals surface area contributed by atoms with E-state index in [0.717, 1.165) is 75.8 Å². The van der Waals surface area contributed by atoms with E-state index in [0.29, 0.717) is 0 Å². The van der Waals surface area contributed by atoms with Gasteiger partial charge < -0.3 is 9.47 Å². The Morgan fingerprint density at radius 1 is 1.12 bits per heavy atom. The van der Waals surface area contributed by atoms with Crippen LogP contribution in [-0.4, -0.2) is 41.0 Å². The number of nitrogens with zero attached hydrogens (tertiary/aromatic N) is 7. The van der Waals surface area contributed by atoms with Crippen LogP contribution in [0.5, 0.6) is 0 Å². The molecule has 32 heavy (non-hydrogen) atoms. The van der Waals surface area contributed by atoms with Crippen molar-refractivity contribution in [3.63, 3.8) is 0 Å². The van der Waals surface area contributed by atoms with Crippen LogP contribution in [0, 0.1) is 13.8 Å². The van der Waals surface area contributed by atoms with Gasteiger partial charge in [0, 0.05) is 55.0 Å². The highest BCUT2D eigenvalue weighted by Crippen LogP contribution is 2.31. The lowest BCUT2D eigenvalue weighted by Crippen LogP contribution is -2.32. The lowest BCUT2D eigenvalue weighted by molar-refractivity contribution is 0.314. The van der Waals surface area contributed by atoms with E-state index in [2.05, 4.69) is 75.7 Å². The Bertz CT molecular complexity index is 1370. The van der Waals surface area contributed by atoms with Crippen LogP contribution in [0.15, 0.2) is 49.3 Å². The molecule has 0 aliphatic carbocycles. The van der Waals surface area contributed by atoms with E-state index < -0.39 is 0 Å². The molecule has 0 saturated heterocycles. The lowest BCUT2D eigenvalue weighted by atomic mass is 9.94. The quantitative estimate of drug-likeness (QED) is 0.492. The third kappa shape index (κ3) is 3.39. The molecule has 0 unspecified atom stereocenters. The summed E-state index contributed by atoms with van der Waals surface area (Å²) in [5, 5.41) is 8.33. The van der Waals surface area contributed by atoms with E-state index in [1.807, 2.05) is 26.2 Å². The van der Waals surface area contributed by atoms with Gasteiger partial charge in [-0.25, -0.2) is 9.67 Å². The molecule has 162 valence electrons. The van der Waals surface area contributed by atoms with Crippen molar-refractivity contribution in [1.29, 1.82) is 0 Å². The molecule has 4 heterocycles. The maximum Gasteiger partial charge on any atom is 0.128 e. The fourth-order valence-electron chi connectivity index (χ4n) is 4.45. The molecule has 4 aromatic rings. The number of imidazole rings is 1. The first-order valence-corrected chi connectivity index (χ1v) is 10.8. The second-order valence-corrected chi connectivity index (χ2v) is 8.34. The first kappa shape index (κ1) is 20.2. The predicted octanol–water partition coefficient (Wildman–Crippen LogP) is 4.11. The van der Waals surface area contributed by atoms with Crippen LogP contribution in [-0.2, 0) is 20.1 Å². The number of allylic oxidation sites excluding steroid dienone is 1. The topological polar surface area (TPSA) is 64.7 Å². The SMILES string of the molecule is C=C(c1cnc(C)c(/C(=C\C)c2ccc3nnn(C)c3c2)c1)N1CCn2cc(C)nc2C1. The van der Waals surface area contributed by atoms with Gasteiger partial charge >= 0.3 is 0 Å². The highest BCUT2D eigenvalue weighted by atomic mass is 15.4. The maximum atomic E-state index is 4.73. The molecule has 0 fully saturated rings. The molecule has 7 nitrogen and oxygen atoms in total. The van der Waals surface area contributed by atoms with Crippen LogP contribution >= 0.6 is 0 Å². The molecule has 0 N–H and O–H groups in total. The standard InChI is InChI=1S/C25H27N7/c1-6-21(19-7-8-23-24(12-19)30(5)29-28-23)22-11-20(13-26-17(22)3)18(4)31-9-10-32-14-16(2)27-25(32)15-31/h6-8,11-14H,4,9-10,15H2,1-3,5H3/b21-6-. The summed E-state index contributed by atoms with van der Waals surface area (Å²) < 4.78 is 4.04. The van der Waals surface area contributed by atoms with Gasteiger partial charge in [0.05, 0.1) is 17.8 Å². The molecular formula is C25H27N7. The van der Waals surface area contributed by atoms with Gasteiger partial charge in [0.1, 0.15) is 11.3 Å². The number of benzene rings is 1. The smallest absolute Gasteiger partial charge is 0.128 e. The van der Waals surface area contributed by atoms with Gasteiger partial charge in [-0.1, -0.05) is 23.9 Å². The Labute approximate surface area is 187 Å². The van der Waals surface area contributed by atoms with Crippen LogP contribution in [0.25, 0.3) is 22.3 Å². The van der Waals surface area contributed by atoms with Crippen LogP contribution < -0.4 is 0 Å². The summed E-state index contributed by atoms with van der Waals surface area (Å²) in [5.41, 5.74) is 9.32. The minimum absolute atomic E-state index is 0.760. The van der Waals surface area contributed by atoms with Crippen molar-refractivity contribution in [2.45, 2.75) is 33.9 Å². The summed E-state index contributed by atoms with van der Waals surface area (Å²) in [4.78, 5) is 11.7. The molecule has 1 aliphatic rings. The second kappa shape index (κ2) is 7.75. The third-order valence-corrected chi connectivity index (χ3v) is 6.23. The van der Waals surface area contributed by atoms with Gasteiger partial charge in [-0.15, -0.1) is 5.10 Å². The van der Waals surface area contributed by atoms with Crippen LogP contribution in [0.2, 0.25) is 0 Å². The van der Waals surface area contributed by atoms with Crippen molar-refractivity contribution in [2.75, 3.05) is 6.54 Å². The third-order valence-electron chi connectivity index (χ3n) is 6.23. The summed E-state index contributed by atoms with van der Waals surface area (Å²) in [7, 11) is 1.91. The number of aryl methyl sites for hydroxylation is 3. The van der Waals surface area contributed by atoms with Crippen LogP contribution in [0.1, 0.15) is 40.8 Å². The van der Waals surface area contributed by atoms with E-state index in [4.69, 9.17) is 4.98 Å². The molecule has 0 bridgehead atoms. The molecule has 5 rings (SSSR count). The van der Waals surface area contributed by atoms with E-state index in [-0.39, 0.29) is 0 Å². The first-order chi connectivity index (χ1) is 15.4. The highest BCUT2D eigenvalue weighted by Gasteiger charge is 2.21. The van der Waals surface area contributed by atoms with Crippen molar-refractivity contribution in [3.05, 3.63) is 83.2 Å². The minimum atomic E-state index is 0.760. The largest absolute Gasteiger partial charge is 0.362 e. The zero-order chi connectivity index (χ0) is 22.4. The van der Waals surface area contributed by atoms with E-state index in [9.17, 15) is 0 Å². The van der Waals surface area contributed by atoms with Crippen LogP contribution in [0.4, 0.5) is 0 Å². The summed E-state index contributed by atoms with van der Waals surface area (Å²) in [6, 6.07) is 8.46. The zero-order valence-electron chi connectivity index (χ0n) is 19.0. The average molecular weight is 426 g/mol. The fourth-order valence-corrected chi connectivity index (χ4v) is 4.45. The summed E-state index contributed by atoms with van der Waals surface area (Å²) in [5.74, 6) is 1.09. The van der Waals surface area contributed by atoms with Gasteiger partial charge in [0.2, 0.25) is 0 Å². The normalized spacial score (nSPS) is 14.1. The fraction of sp³-hybridized carbons (Fsp3) is 0.280. The number of fused-ring (bicyclic) bond motifs is 2. The molecule has 1 aliphatic heterocycles. The van der Waals surface area contributed by atoms with Gasteiger partial charge in [0.25, 0.3) is 0 Å². The van der Waals surface area contributed by atoms with Crippen molar-refractivity contribution in [1.82, 2.24) is 34.4 Å². The van der Waals surface area contributed by atoms with E-state index in [1.54, 1.807) is 4.68 Å². The lowest BCUT2D eigenvalue weighted by Gasteiger charge is -2.31. The Hall–Kier alpha value is -3.74. The van der Waals surface area contributed by atoms with Crippen molar-refractivity contribution >= 4 is 22.3 Å². The Morgan fingerprint density at radius 3 is 2.78 bits per heavy atom. The number of pyridine rings is 1. The van der Waals surface area contributed by atoms with Gasteiger partial charge in [-0.3, -0.25) is 4.98 Å². The molecule has 3 aromatic heterocycles. The molecule has 1 aromatic carbocycles. The summed E-state index contributed by atoms with van der Waals surface area (Å²) >= 11 is 0. The number of hydrogen-bond acceptors (Lipinski definition) is 5. The van der Waals surface area contributed by atoms with Gasteiger partial charge in [-0.2, -0.15) is 0 Å². The van der Waals surface area contributed by atoms with Crippen LogP contribution in [0.3, 0.4) is 0 Å². The van der Waals surface area contributed by atoms with Gasteiger partial charge in [-0.05, 0) is 50.1 Å². The minimum Gasteiger partial charge on any atom is -0.362 e. The number of rotatable bonds is 4. The molecule has 0 amide bonds. The first-order valence-electron chi connectivity index (χ1n) is 10.8. The molecule has 0 radical (unpaired) electrons. The Balaban J connectivity index is 1.48. The molecule has 0 atom stereocenters. The van der Waals surface area contributed by atoms with Crippen molar-refractivity contribution in [2.24, 2.45) is 7.05 Å². The zero-order valence-corrected chi connectivity index (χ0v) is 19.0. The Morgan fingerprint density at radius 2 is 1.97 bits per heavy atom. The maximum absolute atomic E-state index is 4.73. The van der Waals surface area contributed by atoms with E-state index >= 15 is 0 Å².